The Balaban J connectivity index is 2.11. The van der Waals surface area contributed by atoms with Crippen LogP contribution in [-0.4, -0.2) is 20.9 Å². The molecule has 0 radical (unpaired) electrons. The van der Waals surface area contributed by atoms with Crippen LogP contribution in [0.15, 0.2) is 18.2 Å². The number of Topliss-reactive ketones (excluding diaryl/α,β-unsaturated/α-hetero) is 1. The van der Waals surface area contributed by atoms with Gasteiger partial charge in [-0.15, -0.1) is 0 Å². The van der Waals surface area contributed by atoms with Gasteiger partial charge in [-0.05, 0) is 38.0 Å². The Hall–Kier alpha value is -1.68. The molecule has 1 aliphatic carbocycles. The first-order chi connectivity index (χ1) is 8.01. The molecule has 0 spiro atoms. The molecule has 1 aromatic carbocycles. The molecule has 17 heavy (non-hydrogen) atoms. The lowest BCUT2D eigenvalue weighted by Gasteiger charge is -2.07. The van der Waals surface area contributed by atoms with Gasteiger partial charge in [0.1, 0.15) is 5.82 Å². The van der Waals surface area contributed by atoms with Crippen LogP contribution < -0.4 is 5.73 Å². The lowest BCUT2D eigenvalue weighted by atomic mass is 10.0. The summed E-state index contributed by atoms with van der Waals surface area (Å²) in [6.07, 6.45) is 1.59. The molecule has 2 N–H and O–H groups in total. The molecule has 1 fully saturated rings. The zero-order valence-corrected chi connectivity index (χ0v) is 10.0. The lowest BCUT2D eigenvalue weighted by Crippen LogP contribution is -2.32. The fourth-order valence-electron chi connectivity index (χ4n) is 2.11. The van der Waals surface area contributed by atoms with Crippen molar-refractivity contribution in [1.29, 1.82) is 0 Å². The van der Waals surface area contributed by atoms with Crippen LogP contribution in [0.3, 0.4) is 0 Å². The Morgan fingerprint density at radius 2 is 2.18 bits per heavy atom. The molecule has 0 saturated heterocycles. The van der Waals surface area contributed by atoms with Crippen molar-refractivity contribution in [1.82, 2.24) is 9.55 Å². The Labute approximate surface area is 99.4 Å². The topological polar surface area (TPSA) is 60.9 Å². The van der Waals surface area contributed by atoms with E-state index in [4.69, 9.17) is 5.73 Å². The smallest absolute Gasteiger partial charge is 0.182 e. The van der Waals surface area contributed by atoms with Crippen molar-refractivity contribution < 1.29 is 4.79 Å². The molecule has 2 aromatic rings. The fourth-order valence-corrected chi connectivity index (χ4v) is 2.11. The van der Waals surface area contributed by atoms with Crippen LogP contribution in [0.4, 0.5) is 0 Å². The number of imidazole rings is 1. The number of carbonyl (C=O) groups excluding carboxylic acids is 1. The SMILES string of the molecule is Cc1nc2cc(C(=O)C3(N)CC3)ccc2n1C. The first-order valence-corrected chi connectivity index (χ1v) is 5.78. The van der Waals surface area contributed by atoms with E-state index < -0.39 is 5.54 Å². The van der Waals surface area contributed by atoms with E-state index in [1.165, 1.54) is 0 Å². The lowest BCUT2D eigenvalue weighted by molar-refractivity contribution is 0.0949. The predicted octanol–water partition coefficient (Wildman–Crippen LogP) is 1.56. The number of hydrogen-bond donors (Lipinski definition) is 1. The predicted molar refractivity (Wildman–Crippen MR) is 65.9 cm³/mol. The van der Waals surface area contributed by atoms with Gasteiger partial charge < -0.3 is 10.3 Å². The van der Waals surface area contributed by atoms with E-state index in [2.05, 4.69) is 4.98 Å². The van der Waals surface area contributed by atoms with Crippen molar-refractivity contribution in [3.8, 4) is 0 Å². The van der Waals surface area contributed by atoms with Crippen LogP contribution in [-0.2, 0) is 7.05 Å². The van der Waals surface area contributed by atoms with Gasteiger partial charge in [-0.2, -0.15) is 0 Å². The second-order valence-electron chi connectivity index (χ2n) is 4.91. The summed E-state index contributed by atoms with van der Waals surface area (Å²) in [6.45, 7) is 1.95. The van der Waals surface area contributed by atoms with Gasteiger partial charge >= 0.3 is 0 Å². The molecule has 1 aromatic heterocycles. The first kappa shape index (κ1) is 10.5. The van der Waals surface area contributed by atoms with E-state index in [9.17, 15) is 4.79 Å². The zero-order chi connectivity index (χ0) is 12.2. The van der Waals surface area contributed by atoms with Crippen LogP contribution in [0.1, 0.15) is 29.0 Å². The Kier molecular flexibility index (Phi) is 1.95. The summed E-state index contributed by atoms with van der Waals surface area (Å²) in [5.74, 6) is 0.987. The molecule has 0 aliphatic heterocycles. The van der Waals surface area contributed by atoms with Gasteiger partial charge in [-0.3, -0.25) is 4.79 Å². The van der Waals surface area contributed by atoms with Gasteiger partial charge in [0, 0.05) is 12.6 Å². The molecule has 0 unspecified atom stereocenters. The average molecular weight is 229 g/mol. The molecule has 0 amide bonds. The normalized spacial score (nSPS) is 17.4. The summed E-state index contributed by atoms with van der Waals surface area (Å²) >= 11 is 0. The number of ketones is 1. The number of nitrogens with zero attached hydrogens (tertiary/aromatic N) is 2. The fraction of sp³-hybridized carbons (Fsp3) is 0.385. The summed E-state index contributed by atoms with van der Waals surface area (Å²) in [5, 5.41) is 0. The van der Waals surface area contributed by atoms with Gasteiger partial charge in [0.25, 0.3) is 0 Å². The van der Waals surface area contributed by atoms with E-state index >= 15 is 0 Å². The maximum Gasteiger partial charge on any atom is 0.182 e. The third kappa shape index (κ3) is 1.48. The van der Waals surface area contributed by atoms with Crippen molar-refractivity contribution in [2.45, 2.75) is 25.3 Å². The van der Waals surface area contributed by atoms with Crippen LogP contribution in [0.5, 0.6) is 0 Å². The highest BCUT2D eigenvalue weighted by Gasteiger charge is 2.46. The molecular weight excluding hydrogens is 214 g/mol. The number of hydrogen-bond acceptors (Lipinski definition) is 3. The Bertz CT molecular complexity index is 623. The molecule has 1 aliphatic rings. The van der Waals surface area contributed by atoms with Crippen molar-refractivity contribution in [2.24, 2.45) is 12.8 Å². The second kappa shape index (κ2) is 3.17. The average Bonchev–Trinajstić information content (AvgIpc) is 3.00. The third-order valence-electron chi connectivity index (χ3n) is 3.61. The van der Waals surface area contributed by atoms with Crippen LogP contribution in [0.2, 0.25) is 0 Å². The largest absolute Gasteiger partial charge is 0.331 e. The highest BCUT2D eigenvalue weighted by molar-refractivity contribution is 6.06. The quantitative estimate of drug-likeness (QED) is 0.795. The number of rotatable bonds is 2. The van der Waals surface area contributed by atoms with Crippen LogP contribution in [0, 0.1) is 6.92 Å². The number of nitrogens with two attached hydrogens (primary N) is 1. The minimum atomic E-state index is -0.600. The second-order valence-corrected chi connectivity index (χ2v) is 4.91. The molecular formula is C13H15N3O. The number of fused-ring (bicyclic) bond motifs is 1. The van der Waals surface area contributed by atoms with Gasteiger partial charge in [0.05, 0.1) is 16.6 Å². The van der Waals surface area contributed by atoms with Crippen molar-refractivity contribution in [2.75, 3.05) is 0 Å². The van der Waals surface area contributed by atoms with E-state index in [1.807, 2.05) is 36.7 Å². The van der Waals surface area contributed by atoms with E-state index in [0.29, 0.717) is 5.56 Å². The van der Waals surface area contributed by atoms with E-state index in [-0.39, 0.29) is 5.78 Å². The van der Waals surface area contributed by atoms with Crippen molar-refractivity contribution in [3.05, 3.63) is 29.6 Å². The molecule has 3 rings (SSSR count). The minimum absolute atomic E-state index is 0.0442. The molecule has 1 heterocycles. The van der Waals surface area contributed by atoms with Crippen LogP contribution >= 0.6 is 0 Å². The van der Waals surface area contributed by atoms with Gasteiger partial charge in [0.15, 0.2) is 5.78 Å². The molecule has 88 valence electrons. The Morgan fingerprint density at radius 1 is 1.47 bits per heavy atom. The summed E-state index contributed by atoms with van der Waals surface area (Å²) in [4.78, 5) is 16.5. The molecule has 4 nitrogen and oxygen atoms in total. The van der Waals surface area contributed by atoms with Crippen LogP contribution in [0.25, 0.3) is 11.0 Å². The number of aryl methyl sites for hydroxylation is 2. The summed E-state index contributed by atoms with van der Waals surface area (Å²) in [6, 6.07) is 5.63. The monoisotopic (exact) mass is 229 g/mol. The number of aromatic nitrogens is 2. The number of carbonyl (C=O) groups is 1. The molecule has 4 heteroatoms. The zero-order valence-electron chi connectivity index (χ0n) is 10.0. The van der Waals surface area contributed by atoms with E-state index in [1.54, 1.807) is 0 Å². The van der Waals surface area contributed by atoms with Gasteiger partial charge in [-0.25, -0.2) is 4.98 Å². The van der Waals surface area contributed by atoms with Gasteiger partial charge in [0.2, 0.25) is 0 Å². The highest BCUT2D eigenvalue weighted by Crippen LogP contribution is 2.36. The minimum Gasteiger partial charge on any atom is -0.331 e. The maximum atomic E-state index is 12.1. The molecule has 0 bridgehead atoms. The maximum absolute atomic E-state index is 12.1. The standard InChI is InChI=1S/C13H15N3O/c1-8-15-10-7-9(3-4-11(10)16(8)2)12(17)13(14)5-6-13/h3-4,7H,5-6,14H2,1-2H3. The summed E-state index contributed by atoms with van der Waals surface area (Å²) in [5.41, 5.74) is 7.91. The molecule has 1 saturated carbocycles. The van der Waals surface area contributed by atoms with Crippen molar-refractivity contribution in [3.63, 3.8) is 0 Å². The van der Waals surface area contributed by atoms with Crippen molar-refractivity contribution >= 4 is 16.8 Å². The summed E-state index contributed by atoms with van der Waals surface area (Å²) in [7, 11) is 1.97. The molecule has 0 atom stereocenters. The first-order valence-electron chi connectivity index (χ1n) is 5.78. The highest BCUT2D eigenvalue weighted by atomic mass is 16.1. The summed E-state index contributed by atoms with van der Waals surface area (Å²) < 4.78 is 2.01. The Morgan fingerprint density at radius 3 is 2.82 bits per heavy atom. The van der Waals surface area contributed by atoms with Gasteiger partial charge in [-0.1, -0.05) is 0 Å². The third-order valence-corrected chi connectivity index (χ3v) is 3.61. The number of benzene rings is 1. The van der Waals surface area contributed by atoms with E-state index in [0.717, 1.165) is 29.7 Å².